The highest BCUT2D eigenvalue weighted by atomic mass is 16.5. The van der Waals surface area contributed by atoms with Crippen LogP contribution in [0, 0.1) is 0 Å². The van der Waals surface area contributed by atoms with Gasteiger partial charge < -0.3 is 10.1 Å². The van der Waals surface area contributed by atoms with Crippen molar-refractivity contribution in [3.8, 4) is 0 Å². The Morgan fingerprint density at radius 3 is 2.88 bits per heavy atom. The maximum Gasteiger partial charge on any atom is 0.356 e. The van der Waals surface area contributed by atoms with Crippen molar-refractivity contribution in [1.29, 1.82) is 0 Å². The minimum Gasteiger partial charge on any atom is -0.464 e. The molecule has 0 aliphatic rings. The molecule has 1 atom stereocenters. The number of carbonyl (C=O) groups is 1. The van der Waals surface area contributed by atoms with Gasteiger partial charge in [0, 0.05) is 17.9 Å². The van der Waals surface area contributed by atoms with Crippen molar-refractivity contribution in [1.82, 2.24) is 4.98 Å². The molecule has 0 amide bonds. The number of esters is 1. The number of pyridine rings is 1. The van der Waals surface area contributed by atoms with Crippen LogP contribution < -0.4 is 5.32 Å². The van der Waals surface area contributed by atoms with E-state index in [1.165, 1.54) is 7.11 Å². The Morgan fingerprint density at radius 2 is 2.29 bits per heavy atom. The van der Waals surface area contributed by atoms with Crippen LogP contribution in [0.5, 0.6) is 0 Å². The predicted molar refractivity (Wildman–Crippen MR) is 68.2 cm³/mol. The largest absolute Gasteiger partial charge is 0.464 e. The topological polar surface area (TPSA) is 51.2 Å². The molecular formula is C13H20N2O2. The second-order valence-corrected chi connectivity index (χ2v) is 3.96. The zero-order valence-corrected chi connectivity index (χ0v) is 10.7. The van der Waals surface area contributed by atoms with Gasteiger partial charge in [-0.3, -0.25) is 0 Å². The van der Waals surface area contributed by atoms with Gasteiger partial charge in [-0.15, -0.1) is 0 Å². The lowest BCUT2D eigenvalue weighted by Crippen LogP contribution is -2.18. The minimum atomic E-state index is -0.405. The molecule has 0 saturated heterocycles. The third-order valence-electron chi connectivity index (χ3n) is 2.66. The first kappa shape index (κ1) is 13.5. The fourth-order valence-corrected chi connectivity index (χ4v) is 1.70. The first-order valence-electron chi connectivity index (χ1n) is 6.02. The highest BCUT2D eigenvalue weighted by Gasteiger charge is 2.09. The van der Waals surface area contributed by atoms with Crippen molar-refractivity contribution < 1.29 is 9.53 Å². The van der Waals surface area contributed by atoms with E-state index in [1.54, 1.807) is 12.3 Å². The van der Waals surface area contributed by atoms with Crippen molar-refractivity contribution in [2.45, 2.75) is 39.2 Å². The first-order chi connectivity index (χ1) is 8.21. The van der Waals surface area contributed by atoms with E-state index in [0.717, 1.165) is 24.9 Å². The van der Waals surface area contributed by atoms with Gasteiger partial charge in [0.15, 0.2) is 0 Å². The van der Waals surface area contributed by atoms with Crippen LogP contribution in [0.1, 0.15) is 43.6 Å². The molecule has 1 rings (SSSR count). The van der Waals surface area contributed by atoms with Crippen molar-refractivity contribution >= 4 is 11.7 Å². The zero-order chi connectivity index (χ0) is 12.7. The van der Waals surface area contributed by atoms with Gasteiger partial charge >= 0.3 is 5.97 Å². The van der Waals surface area contributed by atoms with Crippen LogP contribution in [0.25, 0.3) is 0 Å². The lowest BCUT2D eigenvalue weighted by Gasteiger charge is -2.17. The Bertz CT molecular complexity index is 366. The maximum absolute atomic E-state index is 11.3. The van der Waals surface area contributed by atoms with Gasteiger partial charge in [0.2, 0.25) is 0 Å². The van der Waals surface area contributed by atoms with Gasteiger partial charge in [0.1, 0.15) is 5.69 Å². The molecule has 94 valence electrons. The maximum atomic E-state index is 11.3. The van der Waals surface area contributed by atoms with Crippen molar-refractivity contribution in [3.05, 3.63) is 24.0 Å². The molecule has 1 N–H and O–H groups in total. The van der Waals surface area contributed by atoms with Crippen molar-refractivity contribution in [2.24, 2.45) is 0 Å². The van der Waals surface area contributed by atoms with Gasteiger partial charge in [0.05, 0.1) is 7.11 Å². The SMILES string of the molecule is CCCC(CC)Nc1ccnc(C(=O)OC)c1. The number of anilines is 1. The van der Waals surface area contributed by atoms with Gasteiger partial charge in [-0.1, -0.05) is 20.3 Å². The second-order valence-electron chi connectivity index (χ2n) is 3.96. The Balaban J connectivity index is 2.74. The Morgan fingerprint density at radius 1 is 1.53 bits per heavy atom. The smallest absolute Gasteiger partial charge is 0.356 e. The number of methoxy groups -OCH3 is 1. The molecule has 0 aromatic carbocycles. The Hall–Kier alpha value is -1.58. The van der Waals surface area contributed by atoms with E-state index in [4.69, 9.17) is 0 Å². The molecule has 0 saturated carbocycles. The molecule has 1 heterocycles. The average molecular weight is 236 g/mol. The van der Waals surface area contributed by atoms with Crippen LogP contribution in [-0.2, 0) is 4.74 Å². The van der Waals surface area contributed by atoms with Crippen LogP contribution >= 0.6 is 0 Å². The number of hydrogen-bond acceptors (Lipinski definition) is 4. The van der Waals surface area contributed by atoms with E-state index in [9.17, 15) is 4.79 Å². The molecule has 0 fully saturated rings. The van der Waals surface area contributed by atoms with Crippen LogP contribution in [0.4, 0.5) is 5.69 Å². The number of carbonyl (C=O) groups excluding carboxylic acids is 1. The molecule has 0 aliphatic heterocycles. The molecule has 0 spiro atoms. The summed E-state index contributed by atoms with van der Waals surface area (Å²) in [6.07, 6.45) is 4.93. The van der Waals surface area contributed by atoms with Gasteiger partial charge in [0.25, 0.3) is 0 Å². The first-order valence-corrected chi connectivity index (χ1v) is 6.02. The number of aromatic nitrogens is 1. The number of ether oxygens (including phenoxy) is 1. The molecule has 1 unspecified atom stereocenters. The highest BCUT2D eigenvalue weighted by Crippen LogP contribution is 2.13. The fraction of sp³-hybridized carbons (Fsp3) is 0.538. The molecule has 4 heteroatoms. The molecule has 0 radical (unpaired) electrons. The Labute approximate surface area is 102 Å². The van der Waals surface area contributed by atoms with Gasteiger partial charge in [-0.25, -0.2) is 9.78 Å². The van der Waals surface area contributed by atoms with E-state index in [1.807, 2.05) is 6.07 Å². The van der Waals surface area contributed by atoms with E-state index < -0.39 is 5.97 Å². The molecule has 0 bridgehead atoms. The van der Waals surface area contributed by atoms with E-state index >= 15 is 0 Å². The molecule has 0 aliphatic carbocycles. The summed E-state index contributed by atoms with van der Waals surface area (Å²) in [6.45, 7) is 4.31. The second kappa shape index (κ2) is 6.89. The van der Waals surface area contributed by atoms with E-state index in [-0.39, 0.29) is 0 Å². The quantitative estimate of drug-likeness (QED) is 0.772. The standard InChI is InChI=1S/C13H20N2O2/c1-4-6-10(5-2)15-11-7-8-14-12(9-11)13(16)17-3/h7-10H,4-6H2,1-3H3,(H,14,15). The van der Waals surface area contributed by atoms with Crippen molar-refractivity contribution in [2.75, 3.05) is 12.4 Å². The molecule has 1 aromatic rings. The van der Waals surface area contributed by atoms with Gasteiger partial charge in [-0.2, -0.15) is 0 Å². The van der Waals surface area contributed by atoms with Crippen LogP contribution in [0.2, 0.25) is 0 Å². The molecule has 17 heavy (non-hydrogen) atoms. The summed E-state index contributed by atoms with van der Waals surface area (Å²) in [7, 11) is 1.36. The zero-order valence-electron chi connectivity index (χ0n) is 10.7. The third-order valence-corrected chi connectivity index (χ3v) is 2.66. The monoisotopic (exact) mass is 236 g/mol. The minimum absolute atomic E-state index is 0.337. The summed E-state index contributed by atoms with van der Waals surface area (Å²) in [5.41, 5.74) is 1.25. The molecule has 1 aromatic heterocycles. The molecule has 4 nitrogen and oxygen atoms in total. The summed E-state index contributed by atoms with van der Waals surface area (Å²) < 4.78 is 4.64. The Kier molecular flexibility index (Phi) is 5.46. The number of rotatable bonds is 6. The highest BCUT2D eigenvalue weighted by molar-refractivity contribution is 5.88. The summed E-state index contributed by atoms with van der Waals surface area (Å²) in [4.78, 5) is 15.3. The summed E-state index contributed by atoms with van der Waals surface area (Å²) in [5, 5.41) is 3.40. The lowest BCUT2D eigenvalue weighted by molar-refractivity contribution is 0.0594. The summed E-state index contributed by atoms with van der Waals surface area (Å²) in [5.74, 6) is -0.405. The number of nitrogens with zero attached hydrogens (tertiary/aromatic N) is 1. The van der Waals surface area contributed by atoms with Crippen LogP contribution in [0.15, 0.2) is 18.3 Å². The number of hydrogen-bond donors (Lipinski definition) is 1. The summed E-state index contributed by atoms with van der Waals surface area (Å²) >= 11 is 0. The fourth-order valence-electron chi connectivity index (χ4n) is 1.70. The average Bonchev–Trinajstić information content (AvgIpc) is 2.37. The van der Waals surface area contributed by atoms with Gasteiger partial charge in [-0.05, 0) is 25.0 Å². The normalized spacial score (nSPS) is 11.9. The van der Waals surface area contributed by atoms with Crippen molar-refractivity contribution in [3.63, 3.8) is 0 Å². The lowest BCUT2D eigenvalue weighted by atomic mass is 10.1. The third kappa shape index (κ3) is 4.06. The van der Waals surface area contributed by atoms with E-state index in [0.29, 0.717) is 11.7 Å². The molecular weight excluding hydrogens is 216 g/mol. The predicted octanol–water partition coefficient (Wildman–Crippen LogP) is 2.86. The van der Waals surface area contributed by atoms with Crippen LogP contribution in [0.3, 0.4) is 0 Å². The number of nitrogens with one attached hydrogen (secondary N) is 1. The summed E-state index contributed by atoms with van der Waals surface area (Å²) in [6, 6.07) is 4.03. The van der Waals surface area contributed by atoms with Crippen LogP contribution in [-0.4, -0.2) is 24.1 Å². The van der Waals surface area contributed by atoms with E-state index in [2.05, 4.69) is 28.9 Å².